The largest absolute Gasteiger partial charge is 0.503 e. The van der Waals surface area contributed by atoms with Gasteiger partial charge in [-0.25, -0.2) is 4.39 Å². The van der Waals surface area contributed by atoms with E-state index in [0.717, 1.165) is 23.3 Å². The Morgan fingerprint density at radius 1 is 1.07 bits per heavy atom. The number of hydrogen-bond donors (Lipinski definition) is 1. The molecule has 1 atom stereocenters. The number of nitrogens with zero attached hydrogens (tertiary/aromatic N) is 3. The first-order chi connectivity index (χ1) is 20.0. The Morgan fingerprint density at radius 2 is 1.80 bits per heavy atom. The van der Waals surface area contributed by atoms with E-state index in [9.17, 15) is 19.1 Å². The molecule has 1 unspecified atom stereocenters. The number of aromatic nitrogens is 2. The molecule has 1 N–H and O–H groups in total. The Morgan fingerprint density at radius 3 is 2.54 bits per heavy atom. The first-order valence-corrected chi connectivity index (χ1v) is 14.7. The first-order valence-electron chi connectivity index (χ1n) is 12.9. The zero-order valence-corrected chi connectivity index (χ0v) is 23.7. The summed E-state index contributed by atoms with van der Waals surface area (Å²) in [6.45, 7) is 2.57. The van der Waals surface area contributed by atoms with E-state index < -0.39 is 23.5 Å². The van der Waals surface area contributed by atoms with Gasteiger partial charge in [-0.1, -0.05) is 96.8 Å². The van der Waals surface area contributed by atoms with Crippen molar-refractivity contribution < 1.29 is 23.8 Å². The van der Waals surface area contributed by atoms with Gasteiger partial charge in [0.05, 0.1) is 18.2 Å². The van der Waals surface area contributed by atoms with E-state index in [4.69, 9.17) is 4.74 Å². The van der Waals surface area contributed by atoms with Gasteiger partial charge in [-0.05, 0) is 47.4 Å². The van der Waals surface area contributed by atoms with Crippen LogP contribution < -0.4 is 9.64 Å². The zero-order chi connectivity index (χ0) is 28.8. The smallest absolute Gasteiger partial charge is 0.296 e. The van der Waals surface area contributed by atoms with Crippen molar-refractivity contribution in [1.82, 2.24) is 10.2 Å². The van der Waals surface area contributed by atoms with Crippen LogP contribution in [0.1, 0.15) is 36.1 Å². The maximum atomic E-state index is 14.1. The molecular weight excluding hydrogens is 561 g/mol. The Kier molecular flexibility index (Phi) is 8.91. The summed E-state index contributed by atoms with van der Waals surface area (Å²) in [6, 6.07) is 21.9. The molecule has 1 aromatic heterocycles. The number of rotatable bonds is 11. The third-order valence-corrected chi connectivity index (χ3v) is 8.38. The van der Waals surface area contributed by atoms with Crippen LogP contribution >= 0.6 is 23.1 Å². The van der Waals surface area contributed by atoms with Gasteiger partial charge in [0, 0.05) is 5.75 Å². The highest BCUT2D eigenvalue weighted by Crippen LogP contribution is 2.43. The summed E-state index contributed by atoms with van der Waals surface area (Å²) < 4.78 is 20.3. The average Bonchev–Trinajstić information content (AvgIpc) is 3.57. The molecule has 5 rings (SSSR count). The van der Waals surface area contributed by atoms with Crippen LogP contribution in [0, 0.1) is 5.82 Å². The maximum Gasteiger partial charge on any atom is 0.296 e. The number of anilines is 1. The quantitative estimate of drug-likeness (QED) is 0.115. The van der Waals surface area contributed by atoms with Crippen LogP contribution in [0.5, 0.6) is 5.75 Å². The van der Waals surface area contributed by atoms with Crippen molar-refractivity contribution in [2.45, 2.75) is 29.5 Å². The number of carbonyl (C=O) groups excluding carboxylic acids is 2. The van der Waals surface area contributed by atoms with Gasteiger partial charge in [-0.3, -0.25) is 14.5 Å². The van der Waals surface area contributed by atoms with Crippen LogP contribution in [0.25, 0.3) is 6.08 Å². The second-order valence-corrected chi connectivity index (χ2v) is 11.3. The van der Waals surface area contributed by atoms with E-state index in [1.807, 2.05) is 37.3 Å². The number of amides is 1. The number of carbonyl (C=O) groups is 2. The molecule has 10 heteroatoms. The molecule has 1 aliphatic rings. The first kappa shape index (κ1) is 28.3. The lowest BCUT2D eigenvalue weighted by Gasteiger charge is -2.24. The Bertz CT molecular complexity index is 1600. The minimum absolute atomic E-state index is 0.0554. The van der Waals surface area contributed by atoms with E-state index >= 15 is 0 Å². The number of thioether (sulfide) groups is 1. The standard InChI is InChI=1S/C31H26FN3O4S2/c1-2-18-39-23-15-13-21(14-16-23)27-26(25(36)17-12-20-8-4-3-5-9-20)28(37)29(38)35(27)30-33-34-31(41-30)40-19-22-10-6-7-11-24(22)32/h3-17,27,37H,2,18-19H2,1H3/b17-12+. The molecule has 0 bridgehead atoms. The second kappa shape index (κ2) is 12.9. The second-order valence-electron chi connectivity index (χ2n) is 9.10. The van der Waals surface area contributed by atoms with Crippen molar-refractivity contribution in [3.05, 3.63) is 119 Å². The van der Waals surface area contributed by atoms with Crippen molar-refractivity contribution >= 4 is 46.0 Å². The molecule has 1 aliphatic heterocycles. The SMILES string of the molecule is CCCOc1ccc(C2C(C(=O)/C=C/c3ccccc3)=C(O)C(=O)N2c2nnc(SCc3ccccc3F)s2)cc1. The molecular formula is C31H26FN3O4S2. The van der Waals surface area contributed by atoms with Crippen molar-refractivity contribution in [2.75, 3.05) is 11.5 Å². The third-order valence-electron chi connectivity index (χ3n) is 6.28. The Hall–Kier alpha value is -4.28. The van der Waals surface area contributed by atoms with Gasteiger partial charge in [-0.2, -0.15) is 0 Å². The van der Waals surface area contributed by atoms with E-state index in [1.54, 1.807) is 48.5 Å². The molecule has 0 saturated heterocycles. The molecule has 0 aliphatic carbocycles. The fourth-order valence-electron chi connectivity index (χ4n) is 4.27. The molecule has 0 radical (unpaired) electrons. The normalized spacial score (nSPS) is 15.2. The predicted molar refractivity (Wildman–Crippen MR) is 158 cm³/mol. The number of aliphatic hydroxyl groups excluding tert-OH is 1. The number of hydrogen-bond acceptors (Lipinski definition) is 8. The summed E-state index contributed by atoms with van der Waals surface area (Å²) in [5.41, 5.74) is 1.86. The maximum absolute atomic E-state index is 14.1. The fourth-order valence-corrected chi connectivity index (χ4v) is 6.13. The lowest BCUT2D eigenvalue weighted by atomic mass is 9.95. The van der Waals surface area contributed by atoms with Crippen molar-refractivity contribution in [3.8, 4) is 5.75 Å². The topological polar surface area (TPSA) is 92.6 Å². The van der Waals surface area contributed by atoms with Gasteiger partial charge < -0.3 is 9.84 Å². The fraction of sp³-hybridized carbons (Fsp3) is 0.161. The van der Waals surface area contributed by atoms with Gasteiger partial charge >= 0.3 is 0 Å². The minimum atomic E-state index is -0.937. The Labute approximate surface area is 245 Å². The van der Waals surface area contributed by atoms with Gasteiger partial charge in [0.2, 0.25) is 5.13 Å². The molecule has 3 aromatic carbocycles. The van der Waals surface area contributed by atoms with Crippen LogP contribution in [-0.4, -0.2) is 33.6 Å². The average molecular weight is 588 g/mol. The number of halogens is 1. The highest BCUT2D eigenvalue weighted by atomic mass is 32.2. The number of ketones is 1. The summed E-state index contributed by atoms with van der Waals surface area (Å²) in [6.07, 6.45) is 3.83. The number of benzene rings is 3. The lowest BCUT2D eigenvalue weighted by molar-refractivity contribution is -0.117. The van der Waals surface area contributed by atoms with Gasteiger partial charge in [0.25, 0.3) is 5.91 Å². The Balaban J connectivity index is 1.46. The molecule has 1 amide bonds. The summed E-state index contributed by atoms with van der Waals surface area (Å²) in [5, 5.41) is 19.6. The molecule has 0 fully saturated rings. The van der Waals surface area contributed by atoms with E-state index in [-0.39, 0.29) is 16.5 Å². The predicted octanol–water partition coefficient (Wildman–Crippen LogP) is 6.94. The van der Waals surface area contributed by atoms with Gasteiger partial charge in [0.15, 0.2) is 15.9 Å². The molecule has 0 saturated carbocycles. The van der Waals surface area contributed by atoms with Crippen molar-refractivity contribution in [1.29, 1.82) is 0 Å². The molecule has 2 heterocycles. The number of aliphatic hydroxyl groups is 1. The zero-order valence-electron chi connectivity index (χ0n) is 22.1. The molecule has 41 heavy (non-hydrogen) atoms. The number of ether oxygens (including phenoxy) is 1. The molecule has 0 spiro atoms. The van der Waals surface area contributed by atoms with Crippen LogP contribution in [0.3, 0.4) is 0 Å². The highest BCUT2D eigenvalue weighted by molar-refractivity contribution is 8.00. The van der Waals surface area contributed by atoms with E-state index in [1.165, 1.54) is 28.8 Å². The summed E-state index contributed by atoms with van der Waals surface area (Å²) in [4.78, 5) is 28.2. The van der Waals surface area contributed by atoms with Crippen LogP contribution in [0.15, 0.2) is 101 Å². The van der Waals surface area contributed by atoms with E-state index in [0.29, 0.717) is 33.6 Å². The van der Waals surface area contributed by atoms with Crippen LogP contribution in [-0.2, 0) is 15.3 Å². The van der Waals surface area contributed by atoms with E-state index in [2.05, 4.69) is 10.2 Å². The summed E-state index contributed by atoms with van der Waals surface area (Å²) in [5.74, 6) is -1.22. The monoisotopic (exact) mass is 587 g/mol. The molecule has 208 valence electrons. The van der Waals surface area contributed by atoms with Crippen LogP contribution in [0.2, 0.25) is 0 Å². The van der Waals surface area contributed by atoms with Crippen molar-refractivity contribution in [2.24, 2.45) is 0 Å². The summed E-state index contributed by atoms with van der Waals surface area (Å²) in [7, 11) is 0. The van der Waals surface area contributed by atoms with Gasteiger partial charge in [-0.15, -0.1) is 10.2 Å². The third kappa shape index (κ3) is 6.39. The highest BCUT2D eigenvalue weighted by Gasteiger charge is 2.45. The minimum Gasteiger partial charge on any atom is -0.503 e. The van der Waals surface area contributed by atoms with Crippen LogP contribution in [0.4, 0.5) is 9.52 Å². The number of allylic oxidation sites excluding steroid dienone is 1. The summed E-state index contributed by atoms with van der Waals surface area (Å²) >= 11 is 2.41. The molecule has 7 nitrogen and oxygen atoms in total. The lowest BCUT2D eigenvalue weighted by Crippen LogP contribution is -2.30. The molecule has 4 aromatic rings. The van der Waals surface area contributed by atoms with Gasteiger partial charge in [0.1, 0.15) is 11.6 Å². The van der Waals surface area contributed by atoms with Crippen molar-refractivity contribution in [3.63, 3.8) is 0 Å².